The Morgan fingerprint density at radius 2 is 2.05 bits per heavy atom. The number of amides is 2. The Morgan fingerprint density at radius 3 is 2.63 bits per heavy atom. The predicted octanol–water partition coefficient (Wildman–Crippen LogP) is 0.290. The number of hydrogen-bond acceptors (Lipinski definition) is 10. The molecule has 0 aromatic carbocycles. The fourth-order valence-electron chi connectivity index (χ4n) is 4.76. The van der Waals surface area contributed by atoms with Crippen LogP contribution in [0.2, 0.25) is 0 Å². The van der Waals surface area contributed by atoms with Crippen molar-refractivity contribution in [2.24, 2.45) is 11.8 Å². The minimum Gasteiger partial charge on any atom is -0.480 e. The molecular formula is C24H35N5O9. The van der Waals surface area contributed by atoms with Gasteiger partial charge < -0.3 is 24.8 Å². The number of carboxylic acids is 1. The number of anilines is 1. The van der Waals surface area contributed by atoms with Crippen LogP contribution in [-0.4, -0.2) is 79.8 Å². The molecule has 2 aliphatic rings. The van der Waals surface area contributed by atoms with E-state index in [4.69, 9.17) is 15.3 Å². The normalized spacial score (nSPS) is 22.6. The van der Waals surface area contributed by atoms with Gasteiger partial charge in [-0.15, -0.1) is 0 Å². The van der Waals surface area contributed by atoms with Crippen LogP contribution < -0.4 is 16.8 Å². The number of carbonyl (C=O) groups is 3. The zero-order valence-electron chi connectivity index (χ0n) is 21.1. The molecule has 6 N–H and O–H groups in total. The van der Waals surface area contributed by atoms with E-state index in [1.54, 1.807) is 0 Å². The molecule has 14 nitrogen and oxygen atoms in total. The lowest BCUT2D eigenvalue weighted by Crippen LogP contribution is -2.50. The van der Waals surface area contributed by atoms with E-state index >= 15 is 0 Å². The molecule has 210 valence electrons. The first-order chi connectivity index (χ1) is 18.1. The molecule has 2 heterocycles. The quantitative estimate of drug-likeness (QED) is 0.112. The molecule has 0 bridgehead atoms. The second-order valence-corrected chi connectivity index (χ2v) is 9.51. The van der Waals surface area contributed by atoms with Gasteiger partial charge in [0.25, 0.3) is 0 Å². The van der Waals surface area contributed by atoms with Gasteiger partial charge in [0.1, 0.15) is 18.0 Å². The van der Waals surface area contributed by atoms with Crippen molar-refractivity contribution in [1.29, 1.82) is 0 Å². The lowest BCUT2D eigenvalue weighted by Gasteiger charge is -2.29. The van der Waals surface area contributed by atoms with Crippen LogP contribution in [0.5, 0.6) is 0 Å². The fraction of sp³-hybridized carbons (Fsp3) is 0.625. The van der Waals surface area contributed by atoms with Gasteiger partial charge in [-0.2, -0.15) is 4.98 Å². The number of nitrogens with zero attached hydrogens (tertiary/aromatic N) is 3. The SMILES string of the molecule is C=C1[C@@H](O)CO[C@]1(CO)n1ccc(NC(=O)OCC[C@H](C(=O)O)N(N)C(=O)CCC2CCCCC2)nc1=O. The van der Waals surface area contributed by atoms with Crippen molar-refractivity contribution in [3.63, 3.8) is 0 Å². The lowest BCUT2D eigenvalue weighted by atomic mass is 9.86. The Kier molecular flexibility index (Phi) is 9.96. The molecule has 1 aromatic heterocycles. The molecule has 0 unspecified atom stereocenters. The number of hydrazine groups is 1. The molecule has 0 radical (unpaired) electrons. The number of ether oxygens (including phenoxy) is 2. The standard InChI is InChI=1S/C24H35N5O9/c1-15-18(31)13-38-24(15,14-30)28-11-9-19(26-22(28)35)27-23(36)37-12-10-17(21(33)34)29(25)20(32)8-7-16-5-3-2-4-6-16/h9,11,16-18,30-31H,1-8,10,12-14,25H2,(H,33,34)(H,26,27,35,36)/t17-,18+,24+/m1/s1. The summed E-state index contributed by atoms with van der Waals surface area (Å²) in [6.45, 7) is 2.46. The van der Waals surface area contributed by atoms with Gasteiger partial charge in [-0.1, -0.05) is 38.7 Å². The molecule has 1 aliphatic carbocycles. The molecule has 3 rings (SSSR count). The maximum Gasteiger partial charge on any atom is 0.412 e. The number of nitrogens with two attached hydrogens (primary N) is 1. The average molecular weight is 538 g/mol. The average Bonchev–Trinajstić information content (AvgIpc) is 3.19. The van der Waals surface area contributed by atoms with E-state index in [0.29, 0.717) is 17.3 Å². The summed E-state index contributed by atoms with van der Waals surface area (Å²) in [6.07, 6.45) is 5.25. The van der Waals surface area contributed by atoms with Crippen LogP contribution in [0.25, 0.3) is 0 Å². The van der Waals surface area contributed by atoms with Gasteiger partial charge in [-0.05, 0) is 18.4 Å². The van der Waals surface area contributed by atoms with Crippen LogP contribution in [0.4, 0.5) is 10.6 Å². The highest BCUT2D eigenvalue weighted by Gasteiger charge is 2.46. The topological polar surface area (TPSA) is 207 Å². The first-order valence-electron chi connectivity index (χ1n) is 12.5. The van der Waals surface area contributed by atoms with Crippen LogP contribution >= 0.6 is 0 Å². The second kappa shape index (κ2) is 13.0. The van der Waals surface area contributed by atoms with Crippen molar-refractivity contribution in [2.45, 2.75) is 69.2 Å². The number of aliphatic carboxylic acids is 1. The van der Waals surface area contributed by atoms with E-state index in [9.17, 15) is 34.5 Å². The van der Waals surface area contributed by atoms with Gasteiger partial charge in [0.05, 0.1) is 19.8 Å². The summed E-state index contributed by atoms with van der Waals surface area (Å²) in [5, 5.41) is 32.1. The number of aliphatic hydroxyl groups excluding tert-OH is 2. The molecule has 2 fully saturated rings. The number of carboxylic acid groups (broad SMARTS) is 1. The third-order valence-electron chi connectivity index (χ3n) is 7.05. The van der Waals surface area contributed by atoms with Crippen LogP contribution in [0.3, 0.4) is 0 Å². The molecule has 14 heteroatoms. The van der Waals surface area contributed by atoms with E-state index in [1.165, 1.54) is 18.7 Å². The number of nitrogens with one attached hydrogen (secondary N) is 1. The number of hydrogen-bond donors (Lipinski definition) is 5. The van der Waals surface area contributed by atoms with Crippen molar-refractivity contribution in [3.8, 4) is 0 Å². The van der Waals surface area contributed by atoms with Gasteiger partial charge in [0.2, 0.25) is 5.91 Å². The van der Waals surface area contributed by atoms with Crippen molar-refractivity contribution < 1.29 is 39.2 Å². The van der Waals surface area contributed by atoms with Gasteiger partial charge >= 0.3 is 17.8 Å². The fourth-order valence-corrected chi connectivity index (χ4v) is 4.76. The second-order valence-electron chi connectivity index (χ2n) is 9.51. The third kappa shape index (κ3) is 6.75. The van der Waals surface area contributed by atoms with Crippen molar-refractivity contribution in [3.05, 3.63) is 34.9 Å². The maximum absolute atomic E-state index is 12.5. The Hall–Kier alpha value is -3.33. The first-order valence-corrected chi connectivity index (χ1v) is 12.5. The summed E-state index contributed by atoms with van der Waals surface area (Å²) in [7, 11) is 0. The highest BCUT2D eigenvalue weighted by atomic mass is 16.6. The largest absolute Gasteiger partial charge is 0.480 e. The Morgan fingerprint density at radius 1 is 1.34 bits per heavy atom. The minimum atomic E-state index is -1.68. The summed E-state index contributed by atoms with van der Waals surface area (Å²) >= 11 is 0. The maximum atomic E-state index is 12.5. The predicted molar refractivity (Wildman–Crippen MR) is 133 cm³/mol. The summed E-state index contributed by atoms with van der Waals surface area (Å²) in [5.74, 6) is 4.24. The van der Waals surface area contributed by atoms with Gasteiger partial charge in [-0.25, -0.2) is 20.2 Å². The monoisotopic (exact) mass is 537 g/mol. The molecule has 3 atom stereocenters. The van der Waals surface area contributed by atoms with Crippen LogP contribution in [-0.2, 0) is 24.8 Å². The number of carbonyl (C=O) groups excluding carboxylic acids is 2. The zero-order valence-corrected chi connectivity index (χ0v) is 21.1. The molecule has 1 aliphatic heterocycles. The summed E-state index contributed by atoms with van der Waals surface area (Å²) in [6, 6.07) is -0.137. The summed E-state index contributed by atoms with van der Waals surface area (Å²) in [4.78, 5) is 52.5. The number of aliphatic hydroxyl groups is 2. The zero-order chi connectivity index (χ0) is 27.9. The molecule has 2 amide bonds. The lowest BCUT2D eigenvalue weighted by molar-refractivity contribution is -0.151. The minimum absolute atomic E-state index is 0.0819. The Labute approximate surface area is 219 Å². The Balaban J connectivity index is 1.51. The van der Waals surface area contributed by atoms with E-state index < -0.39 is 48.1 Å². The first kappa shape index (κ1) is 29.2. The highest BCUT2D eigenvalue weighted by molar-refractivity contribution is 5.84. The van der Waals surface area contributed by atoms with Crippen molar-refractivity contribution >= 4 is 23.8 Å². The summed E-state index contributed by atoms with van der Waals surface area (Å²) in [5.41, 5.74) is -2.50. The van der Waals surface area contributed by atoms with Gasteiger partial charge in [0, 0.05) is 24.6 Å². The Bertz CT molecular complexity index is 1090. The van der Waals surface area contributed by atoms with E-state index in [1.807, 2.05) is 0 Å². The molecule has 0 spiro atoms. The molecule has 1 saturated heterocycles. The number of aromatic nitrogens is 2. The van der Waals surface area contributed by atoms with E-state index in [2.05, 4.69) is 16.9 Å². The molecule has 38 heavy (non-hydrogen) atoms. The van der Waals surface area contributed by atoms with Crippen LogP contribution in [0.1, 0.15) is 51.4 Å². The molecular weight excluding hydrogens is 502 g/mol. The molecule has 1 aromatic rings. The third-order valence-corrected chi connectivity index (χ3v) is 7.05. The van der Waals surface area contributed by atoms with Crippen LogP contribution in [0.15, 0.2) is 29.2 Å². The van der Waals surface area contributed by atoms with Crippen molar-refractivity contribution in [2.75, 3.05) is 25.1 Å². The molecule has 1 saturated carbocycles. The van der Waals surface area contributed by atoms with Gasteiger partial charge in [-0.3, -0.25) is 19.7 Å². The highest BCUT2D eigenvalue weighted by Crippen LogP contribution is 2.34. The van der Waals surface area contributed by atoms with Crippen molar-refractivity contribution in [1.82, 2.24) is 14.6 Å². The smallest absolute Gasteiger partial charge is 0.412 e. The summed E-state index contributed by atoms with van der Waals surface area (Å²) < 4.78 is 11.3. The van der Waals surface area contributed by atoms with E-state index in [0.717, 1.165) is 30.3 Å². The number of rotatable bonds is 11. The van der Waals surface area contributed by atoms with Gasteiger partial charge in [0.15, 0.2) is 5.72 Å². The van der Waals surface area contributed by atoms with Crippen LogP contribution in [0, 0.1) is 5.92 Å². The van der Waals surface area contributed by atoms with E-state index in [-0.39, 0.29) is 37.4 Å².